The minimum atomic E-state index is -0.656. The number of rotatable bonds is 7. The highest BCUT2D eigenvalue weighted by molar-refractivity contribution is 5.85. The number of nitrogens with two attached hydrogens (primary N) is 1. The zero-order valence-electron chi connectivity index (χ0n) is 13.2. The first-order chi connectivity index (χ1) is 9.44. The quantitative estimate of drug-likeness (QED) is 0.752. The van der Waals surface area contributed by atoms with Crippen LogP contribution in [0.1, 0.15) is 59.3 Å². The van der Waals surface area contributed by atoms with Crippen LogP contribution in [-0.2, 0) is 9.53 Å². The standard InChI is InChI=1S/C16H30N2O2/c1-11(2)18-16(15(17)19,13-6-7-13)10-20-14-8-4-12(3)5-9-14/h11-14,18H,4-10H2,1-3H3,(H2,17,19). The van der Waals surface area contributed by atoms with E-state index in [4.69, 9.17) is 10.5 Å². The second-order valence-corrected chi connectivity index (χ2v) is 7.10. The number of carbonyl (C=O) groups excluding carboxylic acids is 1. The van der Waals surface area contributed by atoms with Crippen LogP contribution < -0.4 is 11.1 Å². The maximum atomic E-state index is 12.0. The summed E-state index contributed by atoms with van der Waals surface area (Å²) in [7, 11) is 0. The highest BCUT2D eigenvalue weighted by atomic mass is 16.5. The minimum absolute atomic E-state index is 0.234. The van der Waals surface area contributed by atoms with Gasteiger partial charge < -0.3 is 10.5 Å². The summed E-state index contributed by atoms with van der Waals surface area (Å²) in [6, 6.07) is 0.234. The van der Waals surface area contributed by atoms with Gasteiger partial charge in [0.15, 0.2) is 0 Å². The average molecular weight is 282 g/mol. The molecular weight excluding hydrogens is 252 g/mol. The molecule has 0 saturated heterocycles. The largest absolute Gasteiger partial charge is 0.376 e. The molecular formula is C16H30N2O2. The van der Waals surface area contributed by atoms with E-state index in [0.717, 1.165) is 31.6 Å². The Balaban J connectivity index is 1.95. The Morgan fingerprint density at radius 3 is 2.30 bits per heavy atom. The SMILES string of the molecule is CC1CCC(OCC(NC(C)C)(C(N)=O)C2CC2)CC1. The van der Waals surface area contributed by atoms with Crippen LogP contribution in [0.5, 0.6) is 0 Å². The first-order valence-corrected chi connectivity index (χ1v) is 8.13. The summed E-state index contributed by atoms with van der Waals surface area (Å²) in [4.78, 5) is 12.0. The first-order valence-electron chi connectivity index (χ1n) is 8.13. The molecule has 2 rings (SSSR count). The Morgan fingerprint density at radius 1 is 1.25 bits per heavy atom. The molecule has 4 nitrogen and oxygen atoms in total. The van der Waals surface area contributed by atoms with Crippen LogP contribution in [0.4, 0.5) is 0 Å². The van der Waals surface area contributed by atoms with Crippen LogP contribution in [0.15, 0.2) is 0 Å². The minimum Gasteiger partial charge on any atom is -0.376 e. The molecule has 0 aromatic carbocycles. The molecule has 2 aliphatic rings. The molecule has 0 spiro atoms. The number of hydrogen-bond acceptors (Lipinski definition) is 3. The van der Waals surface area contributed by atoms with Gasteiger partial charge >= 0.3 is 0 Å². The second kappa shape index (κ2) is 6.44. The Bertz CT molecular complexity index is 333. The van der Waals surface area contributed by atoms with Gasteiger partial charge in [0.05, 0.1) is 12.7 Å². The molecule has 0 heterocycles. The molecule has 3 N–H and O–H groups in total. The van der Waals surface area contributed by atoms with E-state index in [2.05, 4.69) is 26.1 Å². The average Bonchev–Trinajstić information content (AvgIpc) is 3.20. The number of hydrogen-bond donors (Lipinski definition) is 2. The molecule has 0 radical (unpaired) electrons. The Kier molecular flexibility index (Phi) is 5.08. The van der Waals surface area contributed by atoms with E-state index in [9.17, 15) is 4.79 Å². The summed E-state index contributed by atoms with van der Waals surface area (Å²) in [6.45, 7) is 6.85. The fraction of sp³-hybridized carbons (Fsp3) is 0.938. The van der Waals surface area contributed by atoms with Gasteiger partial charge in [-0.2, -0.15) is 0 Å². The summed E-state index contributed by atoms with van der Waals surface area (Å²) < 4.78 is 6.10. The van der Waals surface area contributed by atoms with Crippen molar-refractivity contribution in [2.24, 2.45) is 17.6 Å². The molecule has 20 heavy (non-hydrogen) atoms. The molecule has 2 aliphatic carbocycles. The van der Waals surface area contributed by atoms with Crippen molar-refractivity contribution in [3.8, 4) is 0 Å². The van der Waals surface area contributed by atoms with Crippen LogP contribution in [0, 0.1) is 11.8 Å². The molecule has 2 saturated carbocycles. The molecule has 0 aliphatic heterocycles. The number of primary amides is 1. The fourth-order valence-corrected chi connectivity index (χ4v) is 3.36. The van der Waals surface area contributed by atoms with Crippen LogP contribution in [0.3, 0.4) is 0 Å². The van der Waals surface area contributed by atoms with E-state index in [0.29, 0.717) is 18.6 Å². The molecule has 0 aromatic heterocycles. The lowest BCUT2D eigenvalue weighted by Crippen LogP contribution is -2.62. The predicted octanol–water partition coefficient (Wildman–Crippen LogP) is 2.21. The molecule has 116 valence electrons. The Labute approximate surface area is 122 Å². The van der Waals surface area contributed by atoms with Crippen LogP contribution in [0.25, 0.3) is 0 Å². The van der Waals surface area contributed by atoms with Crippen LogP contribution in [-0.4, -0.2) is 30.2 Å². The monoisotopic (exact) mass is 282 g/mol. The molecule has 2 fully saturated rings. The van der Waals surface area contributed by atoms with Crippen molar-refractivity contribution >= 4 is 5.91 Å². The lowest BCUT2D eigenvalue weighted by atomic mass is 9.88. The summed E-state index contributed by atoms with van der Waals surface area (Å²) in [5.74, 6) is 0.913. The highest BCUT2D eigenvalue weighted by Crippen LogP contribution is 2.41. The van der Waals surface area contributed by atoms with E-state index < -0.39 is 5.54 Å². The molecule has 1 atom stereocenters. The lowest BCUT2D eigenvalue weighted by Gasteiger charge is -2.36. The third-order valence-electron chi connectivity index (χ3n) is 4.77. The Morgan fingerprint density at radius 2 is 1.85 bits per heavy atom. The smallest absolute Gasteiger partial charge is 0.240 e. The fourth-order valence-electron chi connectivity index (χ4n) is 3.36. The van der Waals surface area contributed by atoms with Gasteiger partial charge in [0, 0.05) is 6.04 Å². The predicted molar refractivity (Wildman–Crippen MR) is 80.3 cm³/mol. The summed E-state index contributed by atoms with van der Waals surface area (Å²) in [5, 5.41) is 3.40. The van der Waals surface area contributed by atoms with E-state index in [-0.39, 0.29) is 11.9 Å². The van der Waals surface area contributed by atoms with Crippen molar-refractivity contribution in [3.05, 3.63) is 0 Å². The molecule has 0 aromatic rings. The van der Waals surface area contributed by atoms with E-state index in [1.165, 1.54) is 12.8 Å². The normalized spacial score (nSPS) is 30.2. The molecule has 1 amide bonds. The second-order valence-electron chi connectivity index (χ2n) is 7.10. The van der Waals surface area contributed by atoms with Crippen molar-refractivity contribution in [2.75, 3.05) is 6.61 Å². The van der Waals surface area contributed by atoms with E-state index in [1.54, 1.807) is 0 Å². The first kappa shape index (κ1) is 15.8. The van der Waals surface area contributed by atoms with Gasteiger partial charge in [-0.3, -0.25) is 10.1 Å². The zero-order valence-corrected chi connectivity index (χ0v) is 13.2. The number of nitrogens with one attached hydrogen (secondary N) is 1. The van der Waals surface area contributed by atoms with Gasteiger partial charge in [-0.25, -0.2) is 0 Å². The van der Waals surface area contributed by atoms with Gasteiger partial charge in [-0.05, 0) is 64.2 Å². The summed E-state index contributed by atoms with van der Waals surface area (Å²) in [6.07, 6.45) is 7.15. The highest BCUT2D eigenvalue weighted by Gasteiger charge is 2.50. The summed E-state index contributed by atoms with van der Waals surface area (Å²) in [5.41, 5.74) is 5.06. The van der Waals surface area contributed by atoms with Crippen LogP contribution >= 0.6 is 0 Å². The number of amides is 1. The number of ether oxygens (including phenoxy) is 1. The maximum Gasteiger partial charge on any atom is 0.240 e. The maximum absolute atomic E-state index is 12.0. The zero-order chi connectivity index (χ0) is 14.8. The van der Waals surface area contributed by atoms with Crippen molar-refractivity contribution < 1.29 is 9.53 Å². The number of carbonyl (C=O) groups is 1. The van der Waals surface area contributed by atoms with E-state index in [1.807, 2.05) is 0 Å². The van der Waals surface area contributed by atoms with Crippen molar-refractivity contribution in [1.29, 1.82) is 0 Å². The third kappa shape index (κ3) is 3.73. The third-order valence-corrected chi connectivity index (χ3v) is 4.77. The van der Waals surface area contributed by atoms with Crippen molar-refractivity contribution in [3.63, 3.8) is 0 Å². The molecule has 4 heteroatoms. The van der Waals surface area contributed by atoms with Gasteiger partial charge in [-0.15, -0.1) is 0 Å². The van der Waals surface area contributed by atoms with Gasteiger partial charge in [0.1, 0.15) is 5.54 Å². The van der Waals surface area contributed by atoms with Crippen LogP contribution in [0.2, 0.25) is 0 Å². The molecule has 0 bridgehead atoms. The van der Waals surface area contributed by atoms with Gasteiger partial charge in [-0.1, -0.05) is 6.92 Å². The topological polar surface area (TPSA) is 64.3 Å². The lowest BCUT2D eigenvalue weighted by molar-refractivity contribution is -0.130. The van der Waals surface area contributed by atoms with Gasteiger partial charge in [0.25, 0.3) is 0 Å². The van der Waals surface area contributed by atoms with E-state index >= 15 is 0 Å². The van der Waals surface area contributed by atoms with Gasteiger partial charge in [0.2, 0.25) is 5.91 Å². The summed E-state index contributed by atoms with van der Waals surface area (Å²) >= 11 is 0. The Hall–Kier alpha value is -0.610. The molecule has 1 unspecified atom stereocenters. The van der Waals surface area contributed by atoms with Crippen molar-refractivity contribution in [1.82, 2.24) is 5.32 Å². The van der Waals surface area contributed by atoms with Crippen molar-refractivity contribution in [2.45, 2.75) is 77.0 Å².